The van der Waals surface area contributed by atoms with Crippen molar-refractivity contribution in [2.75, 3.05) is 0 Å². The number of benzene rings is 3. The number of para-hydroxylation sites is 3. The summed E-state index contributed by atoms with van der Waals surface area (Å²) in [5.74, 6) is 0. The van der Waals surface area contributed by atoms with E-state index in [1.165, 1.54) is 33.9 Å². The standard InChI is InChI=1S/C25H15N7O3/c33-25-21-22-24(29-20-12-5-4-11-19(20)28-22)31(27-14-16-7-6-10-18(13-16)32(34)35)23(21)26-15-30(25)17-8-2-1-3-9-17/h1-15H/b27-14-. The lowest BCUT2D eigenvalue weighted by Crippen LogP contribution is -2.18. The molecule has 10 nitrogen and oxygen atoms in total. The third-order valence-electron chi connectivity index (χ3n) is 5.58. The van der Waals surface area contributed by atoms with Crippen molar-refractivity contribution < 1.29 is 4.92 Å². The Kier molecular flexibility index (Phi) is 4.63. The van der Waals surface area contributed by atoms with Gasteiger partial charge in [0.25, 0.3) is 11.2 Å². The van der Waals surface area contributed by atoms with Crippen molar-refractivity contribution in [3.63, 3.8) is 0 Å². The second-order valence-electron chi connectivity index (χ2n) is 7.75. The molecule has 10 heteroatoms. The zero-order valence-corrected chi connectivity index (χ0v) is 18.0. The van der Waals surface area contributed by atoms with Gasteiger partial charge in [-0.05, 0) is 24.3 Å². The van der Waals surface area contributed by atoms with Gasteiger partial charge in [-0.1, -0.05) is 42.5 Å². The molecule has 0 saturated heterocycles. The summed E-state index contributed by atoms with van der Waals surface area (Å²) in [6, 6.07) is 22.6. The minimum absolute atomic E-state index is 0.0502. The van der Waals surface area contributed by atoms with Crippen LogP contribution < -0.4 is 5.56 Å². The molecule has 3 heterocycles. The predicted octanol–water partition coefficient (Wildman–Crippen LogP) is 4.07. The maximum atomic E-state index is 13.6. The minimum Gasteiger partial charge on any atom is -0.268 e. The number of aromatic nitrogens is 5. The van der Waals surface area contributed by atoms with Gasteiger partial charge in [0.05, 0.1) is 27.9 Å². The number of hydrogen-bond donors (Lipinski definition) is 0. The first-order valence-electron chi connectivity index (χ1n) is 10.6. The fourth-order valence-corrected chi connectivity index (χ4v) is 3.94. The van der Waals surface area contributed by atoms with Crippen molar-refractivity contribution in [2.24, 2.45) is 5.10 Å². The number of fused-ring (bicyclic) bond motifs is 4. The lowest BCUT2D eigenvalue weighted by molar-refractivity contribution is -0.384. The number of nitrogens with zero attached hydrogens (tertiary/aromatic N) is 7. The van der Waals surface area contributed by atoms with Gasteiger partial charge in [-0.15, -0.1) is 0 Å². The van der Waals surface area contributed by atoms with E-state index >= 15 is 0 Å². The lowest BCUT2D eigenvalue weighted by Gasteiger charge is -2.04. The Hall–Kier alpha value is -5.25. The molecule has 0 N–H and O–H groups in total. The van der Waals surface area contributed by atoms with Crippen molar-refractivity contribution >= 4 is 45.1 Å². The minimum atomic E-state index is -0.469. The Morgan fingerprint density at radius 1 is 0.886 bits per heavy atom. The summed E-state index contributed by atoms with van der Waals surface area (Å²) in [6.45, 7) is 0. The van der Waals surface area contributed by atoms with Crippen LogP contribution in [-0.2, 0) is 0 Å². The number of nitro benzene ring substituents is 1. The Labute approximate surface area is 196 Å². The molecular formula is C25H15N7O3. The molecule has 0 amide bonds. The largest absolute Gasteiger partial charge is 0.270 e. The molecule has 0 aliphatic carbocycles. The van der Waals surface area contributed by atoms with Gasteiger partial charge >= 0.3 is 0 Å². The predicted molar refractivity (Wildman–Crippen MR) is 132 cm³/mol. The summed E-state index contributed by atoms with van der Waals surface area (Å²) >= 11 is 0. The molecule has 168 valence electrons. The first-order chi connectivity index (χ1) is 17.1. The molecule has 0 fully saturated rings. The maximum absolute atomic E-state index is 13.6. The number of hydrogen-bond acceptors (Lipinski definition) is 7. The molecule has 0 saturated carbocycles. The summed E-state index contributed by atoms with van der Waals surface area (Å²) in [7, 11) is 0. The molecule has 0 atom stereocenters. The average molecular weight is 461 g/mol. The van der Waals surface area contributed by atoms with Crippen molar-refractivity contribution in [1.29, 1.82) is 0 Å². The van der Waals surface area contributed by atoms with E-state index in [1.54, 1.807) is 12.1 Å². The van der Waals surface area contributed by atoms with E-state index in [4.69, 9.17) is 9.97 Å². The molecule has 6 aromatic rings. The zero-order chi connectivity index (χ0) is 23.9. The Morgan fingerprint density at radius 3 is 2.40 bits per heavy atom. The first-order valence-corrected chi connectivity index (χ1v) is 10.6. The molecule has 3 aromatic carbocycles. The normalized spacial score (nSPS) is 11.7. The molecule has 0 aliphatic rings. The summed E-state index contributed by atoms with van der Waals surface area (Å²) in [6.07, 6.45) is 2.91. The topological polar surface area (TPSA) is 121 Å². The highest BCUT2D eigenvalue weighted by molar-refractivity contribution is 6.05. The second-order valence-corrected chi connectivity index (χ2v) is 7.75. The van der Waals surface area contributed by atoms with Crippen LogP contribution in [0.15, 0.2) is 95.1 Å². The van der Waals surface area contributed by atoms with Crippen LogP contribution in [0.3, 0.4) is 0 Å². The van der Waals surface area contributed by atoms with Crippen LogP contribution >= 0.6 is 0 Å². The first kappa shape index (κ1) is 20.4. The van der Waals surface area contributed by atoms with Crippen molar-refractivity contribution in [3.05, 3.63) is 111 Å². The monoisotopic (exact) mass is 461 g/mol. The van der Waals surface area contributed by atoms with Gasteiger partial charge in [0.1, 0.15) is 17.2 Å². The van der Waals surface area contributed by atoms with Gasteiger partial charge in [-0.2, -0.15) is 9.78 Å². The molecule has 35 heavy (non-hydrogen) atoms. The Balaban J connectivity index is 1.64. The van der Waals surface area contributed by atoms with Crippen LogP contribution in [0.1, 0.15) is 5.56 Å². The van der Waals surface area contributed by atoms with Crippen LogP contribution in [0.2, 0.25) is 0 Å². The molecule has 0 bridgehead atoms. The number of non-ortho nitro benzene ring substituents is 1. The Bertz CT molecular complexity index is 1860. The zero-order valence-electron chi connectivity index (χ0n) is 18.0. The molecule has 0 spiro atoms. The van der Waals surface area contributed by atoms with Crippen molar-refractivity contribution in [1.82, 2.24) is 24.2 Å². The smallest absolute Gasteiger partial charge is 0.268 e. The molecule has 3 aromatic heterocycles. The summed E-state index contributed by atoms with van der Waals surface area (Å²) in [4.78, 5) is 38.2. The van der Waals surface area contributed by atoms with Gasteiger partial charge < -0.3 is 0 Å². The molecule has 6 rings (SSSR count). The molecular weight excluding hydrogens is 446 g/mol. The van der Waals surface area contributed by atoms with Crippen LogP contribution in [-0.4, -0.2) is 35.3 Å². The second kappa shape index (κ2) is 7.96. The van der Waals surface area contributed by atoms with Crippen LogP contribution in [0.5, 0.6) is 0 Å². The van der Waals surface area contributed by atoms with Gasteiger partial charge in [-0.3, -0.25) is 19.5 Å². The van der Waals surface area contributed by atoms with Gasteiger partial charge in [-0.25, -0.2) is 15.0 Å². The summed E-state index contributed by atoms with van der Waals surface area (Å²) in [5, 5.41) is 15.9. The van der Waals surface area contributed by atoms with Crippen molar-refractivity contribution in [3.8, 4) is 5.69 Å². The fraction of sp³-hybridized carbons (Fsp3) is 0. The fourth-order valence-electron chi connectivity index (χ4n) is 3.94. The van der Waals surface area contributed by atoms with Gasteiger partial charge in [0, 0.05) is 17.7 Å². The third kappa shape index (κ3) is 3.40. The van der Waals surface area contributed by atoms with E-state index in [2.05, 4.69) is 10.1 Å². The van der Waals surface area contributed by atoms with Crippen LogP contribution in [0.25, 0.3) is 38.9 Å². The average Bonchev–Trinajstić information content (AvgIpc) is 3.20. The van der Waals surface area contributed by atoms with E-state index in [-0.39, 0.29) is 22.3 Å². The quantitative estimate of drug-likeness (QED) is 0.222. The lowest BCUT2D eigenvalue weighted by atomic mass is 10.2. The van der Waals surface area contributed by atoms with Gasteiger partial charge in [0.15, 0.2) is 11.3 Å². The highest BCUT2D eigenvalue weighted by Gasteiger charge is 2.20. The van der Waals surface area contributed by atoms with Crippen molar-refractivity contribution in [2.45, 2.75) is 0 Å². The number of rotatable bonds is 4. The van der Waals surface area contributed by atoms with Gasteiger partial charge in [0.2, 0.25) is 0 Å². The molecule has 0 aliphatic heterocycles. The molecule has 0 radical (unpaired) electrons. The maximum Gasteiger partial charge on any atom is 0.270 e. The van der Waals surface area contributed by atoms with Crippen LogP contribution in [0, 0.1) is 10.1 Å². The SMILES string of the molecule is O=c1c2c3nc4ccccc4nc3n(/N=C\c3cccc([N+](=O)[O-])c3)c2ncn1-c1ccccc1. The number of nitro groups is 1. The highest BCUT2D eigenvalue weighted by Crippen LogP contribution is 2.25. The van der Waals surface area contributed by atoms with E-state index in [0.717, 1.165) is 0 Å². The molecule has 0 unspecified atom stereocenters. The van der Waals surface area contributed by atoms with E-state index in [0.29, 0.717) is 33.4 Å². The van der Waals surface area contributed by atoms with E-state index < -0.39 is 4.92 Å². The third-order valence-corrected chi connectivity index (χ3v) is 5.58. The van der Waals surface area contributed by atoms with Crippen LogP contribution in [0.4, 0.5) is 5.69 Å². The van der Waals surface area contributed by atoms with E-state index in [1.807, 2.05) is 54.6 Å². The summed E-state index contributed by atoms with van der Waals surface area (Å²) < 4.78 is 2.90. The Morgan fingerprint density at radius 2 is 1.63 bits per heavy atom. The highest BCUT2D eigenvalue weighted by atomic mass is 16.6. The van der Waals surface area contributed by atoms with E-state index in [9.17, 15) is 14.9 Å². The summed E-state index contributed by atoms with van der Waals surface area (Å²) in [5.41, 5.74) is 3.12.